The van der Waals surface area contributed by atoms with Gasteiger partial charge in [-0.3, -0.25) is 4.79 Å². The number of amides is 1. The second kappa shape index (κ2) is 4.76. The van der Waals surface area contributed by atoms with Gasteiger partial charge < -0.3 is 14.5 Å². The molecule has 100 valence electrons. The Kier molecular flexibility index (Phi) is 3.48. The maximum atomic E-state index is 12.1. The van der Waals surface area contributed by atoms with Crippen molar-refractivity contribution in [3.8, 4) is 0 Å². The van der Waals surface area contributed by atoms with Crippen molar-refractivity contribution in [2.24, 2.45) is 5.41 Å². The van der Waals surface area contributed by atoms with E-state index in [9.17, 15) is 4.79 Å². The van der Waals surface area contributed by atoms with Gasteiger partial charge in [0.15, 0.2) is 0 Å². The molecule has 1 aliphatic rings. The molecule has 0 bridgehead atoms. The van der Waals surface area contributed by atoms with Crippen molar-refractivity contribution in [2.45, 2.75) is 46.3 Å². The number of aryl methyl sites for hydroxylation is 1. The zero-order valence-corrected chi connectivity index (χ0v) is 11.4. The molecule has 18 heavy (non-hydrogen) atoms. The van der Waals surface area contributed by atoms with Crippen molar-refractivity contribution in [3.05, 3.63) is 23.7 Å². The normalized spacial score (nSPS) is 25.6. The number of rotatable bonds is 4. The molecule has 1 aromatic heterocycles. The molecule has 4 heteroatoms. The van der Waals surface area contributed by atoms with Crippen molar-refractivity contribution in [1.29, 1.82) is 0 Å². The number of carbonyl (C=O) groups excluding carboxylic acids is 1. The fraction of sp³-hybridized carbons (Fsp3) is 0.643. The first-order valence-electron chi connectivity index (χ1n) is 6.43. The molecule has 1 amide bonds. The van der Waals surface area contributed by atoms with Crippen LogP contribution >= 0.6 is 0 Å². The summed E-state index contributed by atoms with van der Waals surface area (Å²) >= 11 is 0. The number of carbonyl (C=O) groups is 1. The monoisotopic (exact) mass is 251 g/mol. The summed E-state index contributed by atoms with van der Waals surface area (Å²) in [5.41, 5.74) is 0.606. The zero-order chi connectivity index (χ0) is 13.3. The SMILES string of the molecule is CCO[C@H]1C[C@@H](NC(=O)c2ccoc2C)C1(C)C. The lowest BCUT2D eigenvalue weighted by Crippen LogP contribution is -2.62. The minimum Gasteiger partial charge on any atom is -0.469 e. The number of hydrogen-bond donors (Lipinski definition) is 1. The van der Waals surface area contributed by atoms with E-state index < -0.39 is 0 Å². The van der Waals surface area contributed by atoms with E-state index in [1.54, 1.807) is 19.3 Å². The van der Waals surface area contributed by atoms with Crippen LogP contribution in [0.15, 0.2) is 16.7 Å². The molecule has 0 radical (unpaired) electrons. The average Bonchev–Trinajstić information content (AvgIpc) is 2.74. The number of hydrogen-bond acceptors (Lipinski definition) is 3. The van der Waals surface area contributed by atoms with E-state index in [0.29, 0.717) is 11.3 Å². The van der Waals surface area contributed by atoms with Crippen molar-refractivity contribution in [1.82, 2.24) is 5.32 Å². The molecule has 1 aromatic rings. The summed E-state index contributed by atoms with van der Waals surface area (Å²) in [6.45, 7) is 8.77. The van der Waals surface area contributed by atoms with Crippen molar-refractivity contribution < 1.29 is 13.9 Å². The first-order valence-corrected chi connectivity index (χ1v) is 6.43. The predicted molar refractivity (Wildman–Crippen MR) is 68.5 cm³/mol. The van der Waals surface area contributed by atoms with Crippen LogP contribution in [0.1, 0.15) is 43.3 Å². The van der Waals surface area contributed by atoms with Crippen LogP contribution in [0.25, 0.3) is 0 Å². The summed E-state index contributed by atoms with van der Waals surface area (Å²) in [5, 5.41) is 3.06. The standard InChI is InChI=1S/C14H21NO3/c1-5-17-12-8-11(14(12,3)4)15-13(16)10-6-7-18-9(10)2/h6-7,11-12H,5,8H2,1-4H3,(H,15,16)/t11-,12+/m1/s1. The minimum atomic E-state index is -0.0609. The van der Waals surface area contributed by atoms with Gasteiger partial charge in [0.1, 0.15) is 5.76 Å². The van der Waals surface area contributed by atoms with Gasteiger partial charge in [0.05, 0.1) is 17.9 Å². The molecular weight excluding hydrogens is 230 g/mol. The van der Waals surface area contributed by atoms with E-state index in [1.165, 1.54) is 0 Å². The molecule has 0 aliphatic heterocycles. The highest BCUT2D eigenvalue weighted by Crippen LogP contribution is 2.42. The van der Waals surface area contributed by atoms with Crippen LogP contribution in [0.5, 0.6) is 0 Å². The van der Waals surface area contributed by atoms with Crippen LogP contribution in [0, 0.1) is 12.3 Å². The fourth-order valence-electron chi connectivity index (χ4n) is 2.47. The van der Waals surface area contributed by atoms with Crippen molar-refractivity contribution in [3.63, 3.8) is 0 Å². The Bertz CT molecular complexity index is 436. The van der Waals surface area contributed by atoms with Gasteiger partial charge >= 0.3 is 0 Å². The molecule has 1 fully saturated rings. The Morgan fingerprint density at radius 3 is 2.83 bits per heavy atom. The van der Waals surface area contributed by atoms with Crippen LogP contribution in [0.4, 0.5) is 0 Å². The zero-order valence-electron chi connectivity index (χ0n) is 11.4. The molecule has 1 aliphatic carbocycles. The smallest absolute Gasteiger partial charge is 0.255 e. The minimum absolute atomic E-state index is 0.0106. The maximum absolute atomic E-state index is 12.1. The molecule has 0 spiro atoms. The van der Waals surface area contributed by atoms with Gasteiger partial charge in [-0.1, -0.05) is 13.8 Å². The van der Waals surface area contributed by atoms with E-state index >= 15 is 0 Å². The molecule has 0 aromatic carbocycles. The summed E-state index contributed by atoms with van der Waals surface area (Å²) < 4.78 is 10.8. The van der Waals surface area contributed by atoms with Crippen molar-refractivity contribution in [2.75, 3.05) is 6.61 Å². The highest BCUT2D eigenvalue weighted by molar-refractivity contribution is 5.95. The molecular formula is C14H21NO3. The Hall–Kier alpha value is -1.29. The van der Waals surface area contributed by atoms with E-state index in [2.05, 4.69) is 19.2 Å². The Morgan fingerprint density at radius 1 is 1.61 bits per heavy atom. The molecule has 0 saturated heterocycles. The van der Waals surface area contributed by atoms with Gasteiger partial charge in [-0.15, -0.1) is 0 Å². The lowest BCUT2D eigenvalue weighted by molar-refractivity contribution is -0.111. The second-order valence-electron chi connectivity index (χ2n) is 5.42. The molecule has 0 unspecified atom stereocenters. The number of nitrogens with one attached hydrogen (secondary N) is 1. The highest BCUT2D eigenvalue weighted by Gasteiger charge is 2.49. The van der Waals surface area contributed by atoms with Crippen LogP contribution in [0.2, 0.25) is 0 Å². The lowest BCUT2D eigenvalue weighted by atomic mass is 9.64. The predicted octanol–water partition coefficient (Wildman–Crippen LogP) is 2.52. The van der Waals surface area contributed by atoms with Crippen LogP contribution in [0.3, 0.4) is 0 Å². The number of furan rings is 1. The third-order valence-corrected chi connectivity index (χ3v) is 3.95. The van der Waals surface area contributed by atoms with Crippen LogP contribution in [-0.4, -0.2) is 24.7 Å². The van der Waals surface area contributed by atoms with Gasteiger partial charge in [-0.2, -0.15) is 0 Å². The van der Waals surface area contributed by atoms with E-state index in [4.69, 9.17) is 9.15 Å². The first kappa shape index (κ1) is 13.1. The molecule has 1 heterocycles. The first-order chi connectivity index (χ1) is 8.46. The van der Waals surface area contributed by atoms with E-state index in [1.807, 2.05) is 6.92 Å². The van der Waals surface area contributed by atoms with Crippen molar-refractivity contribution >= 4 is 5.91 Å². The Labute approximate surface area is 108 Å². The van der Waals surface area contributed by atoms with Crippen LogP contribution in [-0.2, 0) is 4.74 Å². The molecule has 1 saturated carbocycles. The molecule has 2 rings (SSSR count). The molecule has 1 N–H and O–H groups in total. The topological polar surface area (TPSA) is 51.5 Å². The van der Waals surface area contributed by atoms with Gasteiger partial charge in [-0.05, 0) is 26.3 Å². The highest BCUT2D eigenvalue weighted by atomic mass is 16.5. The van der Waals surface area contributed by atoms with Gasteiger partial charge in [-0.25, -0.2) is 0 Å². The summed E-state index contributed by atoms with van der Waals surface area (Å²) in [6.07, 6.45) is 2.65. The van der Waals surface area contributed by atoms with Gasteiger partial charge in [0, 0.05) is 18.1 Å². The second-order valence-corrected chi connectivity index (χ2v) is 5.42. The third kappa shape index (κ3) is 2.17. The largest absolute Gasteiger partial charge is 0.469 e. The van der Waals surface area contributed by atoms with E-state index in [0.717, 1.165) is 13.0 Å². The third-order valence-electron chi connectivity index (χ3n) is 3.95. The molecule has 4 nitrogen and oxygen atoms in total. The Balaban J connectivity index is 1.96. The van der Waals surface area contributed by atoms with Gasteiger partial charge in [0.25, 0.3) is 5.91 Å². The fourth-order valence-corrected chi connectivity index (χ4v) is 2.47. The average molecular weight is 251 g/mol. The summed E-state index contributed by atoms with van der Waals surface area (Å²) in [4.78, 5) is 12.1. The molecule has 2 atom stereocenters. The maximum Gasteiger partial charge on any atom is 0.255 e. The Morgan fingerprint density at radius 2 is 2.33 bits per heavy atom. The quantitative estimate of drug-likeness (QED) is 0.894. The number of ether oxygens (including phenoxy) is 1. The van der Waals surface area contributed by atoms with Gasteiger partial charge in [0.2, 0.25) is 0 Å². The lowest BCUT2D eigenvalue weighted by Gasteiger charge is -2.51. The summed E-state index contributed by atoms with van der Waals surface area (Å²) in [7, 11) is 0. The van der Waals surface area contributed by atoms with Crippen LogP contribution < -0.4 is 5.32 Å². The van der Waals surface area contributed by atoms with E-state index in [-0.39, 0.29) is 23.5 Å². The summed E-state index contributed by atoms with van der Waals surface area (Å²) in [6, 6.07) is 1.87. The summed E-state index contributed by atoms with van der Waals surface area (Å²) in [5.74, 6) is 0.597.